The Morgan fingerprint density at radius 3 is 2.87 bits per heavy atom. The molecular formula is C12H19N3. The van der Waals surface area contributed by atoms with Gasteiger partial charge in [-0.3, -0.25) is 0 Å². The Hall–Kier alpha value is -0.830. The summed E-state index contributed by atoms with van der Waals surface area (Å²) in [6, 6.07) is 0.336. The second-order valence-corrected chi connectivity index (χ2v) is 5.01. The molecule has 1 aromatic heterocycles. The Morgan fingerprint density at radius 2 is 2.07 bits per heavy atom. The number of hydrogen-bond donors (Lipinski definition) is 1. The molecule has 82 valence electrons. The van der Waals surface area contributed by atoms with Crippen LogP contribution in [0.3, 0.4) is 0 Å². The van der Waals surface area contributed by atoms with Crippen LogP contribution < -0.4 is 5.73 Å². The lowest BCUT2D eigenvalue weighted by Gasteiger charge is -2.22. The van der Waals surface area contributed by atoms with Gasteiger partial charge in [-0.1, -0.05) is 12.8 Å². The van der Waals surface area contributed by atoms with Gasteiger partial charge in [0, 0.05) is 24.2 Å². The third-order valence-electron chi connectivity index (χ3n) is 3.90. The van der Waals surface area contributed by atoms with E-state index >= 15 is 0 Å². The summed E-state index contributed by atoms with van der Waals surface area (Å²) in [6.45, 7) is 0.967. The van der Waals surface area contributed by atoms with Gasteiger partial charge in [0.1, 0.15) is 0 Å². The highest BCUT2D eigenvalue weighted by Crippen LogP contribution is 2.36. The lowest BCUT2D eigenvalue weighted by molar-refractivity contribution is 0.456. The molecule has 3 rings (SSSR count). The molecule has 0 bridgehead atoms. The average molecular weight is 205 g/mol. The summed E-state index contributed by atoms with van der Waals surface area (Å²) in [4.78, 5) is 4.62. The molecule has 1 aliphatic heterocycles. The minimum Gasteiger partial charge on any atom is -0.333 e. The van der Waals surface area contributed by atoms with E-state index in [0.717, 1.165) is 25.3 Å². The van der Waals surface area contributed by atoms with Gasteiger partial charge in [0.05, 0.1) is 12.0 Å². The van der Waals surface area contributed by atoms with Gasteiger partial charge < -0.3 is 10.3 Å². The van der Waals surface area contributed by atoms with Crippen molar-refractivity contribution in [3.05, 3.63) is 17.7 Å². The third-order valence-corrected chi connectivity index (χ3v) is 3.90. The van der Waals surface area contributed by atoms with Gasteiger partial charge in [-0.05, 0) is 25.7 Å². The molecular weight excluding hydrogens is 186 g/mol. The summed E-state index contributed by atoms with van der Waals surface area (Å²) in [6.07, 6.45) is 9.72. The largest absolute Gasteiger partial charge is 0.333 e. The zero-order valence-corrected chi connectivity index (χ0v) is 9.15. The molecule has 1 atom stereocenters. The second kappa shape index (κ2) is 3.63. The van der Waals surface area contributed by atoms with Gasteiger partial charge in [0.2, 0.25) is 0 Å². The summed E-state index contributed by atoms with van der Waals surface area (Å²) >= 11 is 0. The molecule has 1 fully saturated rings. The quantitative estimate of drug-likeness (QED) is 0.760. The van der Waals surface area contributed by atoms with E-state index in [-0.39, 0.29) is 0 Å². The van der Waals surface area contributed by atoms with Crippen molar-refractivity contribution in [1.29, 1.82) is 0 Å². The number of aromatic nitrogens is 2. The smallest absolute Gasteiger partial charge is 0.0952 e. The number of nitrogens with zero attached hydrogens (tertiary/aromatic N) is 2. The molecule has 2 aliphatic rings. The Labute approximate surface area is 90.7 Å². The molecule has 2 N–H and O–H groups in total. The highest BCUT2D eigenvalue weighted by Gasteiger charge is 2.26. The van der Waals surface area contributed by atoms with E-state index in [0.29, 0.717) is 6.04 Å². The monoisotopic (exact) mass is 205 g/mol. The van der Waals surface area contributed by atoms with Crippen molar-refractivity contribution >= 4 is 0 Å². The van der Waals surface area contributed by atoms with Crippen molar-refractivity contribution in [3.63, 3.8) is 0 Å². The fourth-order valence-electron chi connectivity index (χ4n) is 3.06. The molecule has 0 spiro atoms. The van der Waals surface area contributed by atoms with Crippen LogP contribution in [0.5, 0.6) is 0 Å². The van der Waals surface area contributed by atoms with Gasteiger partial charge >= 0.3 is 0 Å². The summed E-state index contributed by atoms with van der Waals surface area (Å²) in [5, 5.41) is 0. The summed E-state index contributed by atoms with van der Waals surface area (Å²) in [7, 11) is 0. The zero-order chi connectivity index (χ0) is 10.3. The molecule has 0 radical (unpaired) electrons. The number of rotatable bonds is 1. The first-order chi connectivity index (χ1) is 7.34. The maximum atomic E-state index is 5.96. The first-order valence-corrected chi connectivity index (χ1v) is 6.14. The van der Waals surface area contributed by atoms with Crippen LogP contribution in [0.2, 0.25) is 0 Å². The van der Waals surface area contributed by atoms with Crippen LogP contribution in [0.1, 0.15) is 49.4 Å². The average Bonchev–Trinajstić information content (AvgIpc) is 2.82. The van der Waals surface area contributed by atoms with E-state index in [1.165, 1.54) is 37.1 Å². The fourth-order valence-corrected chi connectivity index (χ4v) is 3.06. The molecule has 3 nitrogen and oxygen atoms in total. The Morgan fingerprint density at radius 1 is 1.27 bits per heavy atom. The molecule has 0 amide bonds. The maximum absolute atomic E-state index is 5.96. The Kier molecular flexibility index (Phi) is 2.28. The number of fused-ring (bicyclic) bond motifs is 1. The lowest BCUT2D eigenvalue weighted by Crippen LogP contribution is -2.31. The Bertz CT molecular complexity index is 350. The van der Waals surface area contributed by atoms with Crippen molar-refractivity contribution in [1.82, 2.24) is 9.55 Å². The van der Waals surface area contributed by atoms with Gasteiger partial charge in [0.15, 0.2) is 0 Å². The number of nitrogens with two attached hydrogens (primary N) is 1. The molecule has 0 aromatic carbocycles. The van der Waals surface area contributed by atoms with Crippen LogP contribution in [0.4, 0.5) is 0 Å². The van der Waals surface area contributed by atoms with E-state index in [2.05, 4.69) is 9.55 Å². The first-order valence-electron chi connectivity index (χ1n) is 6.14. The highest BCUT2D eigenvalue weighted by atomic mass is 15.1. The molecule has 15 heavy (non-hydrogen) atoms. The van der Waals surface area contributed by atoms with Crippen molar-refractivity contribution in [2.75, 3.05) is 0 Å². The zero-order valence-electron chi connectivity index (χ0n) is 9.15. The van der Waals surface area contributed by atoms with Crippen molar-refractivity contribution < 1.29 is 0 Å². The van der Waals surface area contributed by atoms with Gasteiger partial charge in [0.25, 0.3) is 0 Å². The maximum Gasteiger partial charge on any atom is 0.0952 e. The molecule has 1 aliphatic carbocycles. The van der Waals surface area contributed by atoms with E-state index in [9.17, 15) is 0 Å². The van der Waals surface area contributed by atoms with Crippen LogP contribution in [0, 0.1) is 0 Å². The van der Waals surface area contributed by atoms with E-state index in [1.54, 1.807) is 0 Å². The predicted molar refractivity (Wildman–Crippen MR) is 59.7 cm³/mol. The SMILES string of the molecule is NC1CCc2c(C3CCCC3)ncn2C1. The van der Waals surface area contributed by atoms with Crippen LogP contribution in [0.15, 0.2) is 6.33 Å². The topological polar surface area (TPSA) is 43.8 Å². The number of imidazole rings is 1. The normalized spacial score (nSPS) is 26.9. The molecule has 1 unspecified atom stereocenters. The molecule has 1 aromatic rings. The van der Waals surface area contributed by atoms with Crippen LogP contribution in [0.25, 0.3) is 0 Å². The number of hydrogen-bond acceptors (Lipinski definition) is 2. The first kappa shape index (κ1) is 9.40. The van der Waals surface area contributed by atoms with Crippen LogP contribution >= 0.6 is 0 Å². The van der Waals surface area contributed by atoms with Gasteiger partial charge in [-0.15, -0.1) is 0 Å². The fraction of sp³-hybridized carbons (Fsp3) is 0.750. The Balaban J connectivity index is 1.90. The van der Waals surface area contributed by atoms with Gasteiger partial charge in [-0.25, -0.2) is 4.98 Å². The lowest BCUT2D eigenvalue weighted by atomic mass is 9.97. The third kappa shape index (κ3) is 1.59. The minimum atomic E-state index is 0.336. The second-order valence-electron chi connectivity index (χ2n) is 5.01. The summed E-state index contributed by atoms with van der Waals surface area (Å²) < 4.78 is 2.28. The van der Waals surface area contributed by atoms with Crippen molar-refractivity contribution in [2.45, 2.75) is 57.0 Å². The van der Waals surface area contributed by atoms with E-state index in [1.807, 2.05) is 6.33 Å². The van der Waals surface area contributed by atoms with Crippen molar-refractivity contribution in [2.24, 2.45) is 5.73 Å². The summed E-state index contributed by atoms with van der Waals surface area (Å²) in [5.74, 6) is 0.746. The standard InChI is InChI=1S/C12H19N3/c13-10-5-6-11-12(9-3-1-2-4-9)14-8-15(11)7-10/h8-10H,1-7,13H2. The van der Waals surface area contributed by atoms with Crippen LogP contribution in [-0.2, 0) is 13.0 Å². The van der Waals surface area contributed by atoms with Crippen LogP contribution in [-0.4, -0.2) is 15.6 Å². The highest BCUT2D eigenvalue weighted by molar-refractivity contribution is 5.21. The predicted octanol–water partition coefficient (Wildman–Crippen LogP) is 1.81. The van der Waals surface area contributed by atoms with Crippen molar-refractivity contribution in [3.8, 4) is 0 Å². The molecule has 2 heterocycles. The molecule has 3 heteroatoms. The van der Waals surface area contributed by atoms with Gasteiger partial charge in [-0.2, -0.15) is 0 Å². The van der Waals surface area contributed by atoms with E-state index in [4.69, 9.17) is 5.73 Å². The molecule has 1 saturated carbocycles. The van der Waals surface area contributed by atoms with E-state index < -0.39 is 0 Å². The molecule has 0 saturated heterocycles. The minimum absolute atomic E-state index is 0.336. The summed E-state index contributed by atoms with van der Waals surface area (Å²) in [5.41, 5.74) is 8.83.